The molecule has 0 spiro atoms. The molecule has 4 nitrogen and oxygen atoms in total. The van der Waals surface area contributed by atoms with Crippen molar-refractivity contribution >= 4 is 5.91 Å². The van der Waals surface area contributed by atoms with Gasteiger partial charge in [0.15, 0.2) is 0 Å². The first kappa shape index (κ1) is 17.1. The number of carbonyl (C=O) groups is 1. The third-order valence-corrected chi connectivity index (χ3v) is 7.22. The third kappa shape index (κ3) is 3.24. The molecule has 4 heteroatoms. The number of hydrogen-bond acceptors (Lipinski definition) is 2. The van der Waals surface area contributed by atoms with E-state index in [-0.39, 0.29) is 5.91 Å². The van der Waals surface area contributed by atoms with E-state index in [1.165, 1.54) is 38.5 Å². The van der Waals surface area contributed by atoms with Crippen LogP contribution < -0.4 is 5.32 Å². The predicted molar refractivity (Wildman–Crippen MR) is 99.1 cm³/mol. The third-order valence-electron chi connectivity index (χ3n) is 7.22. The summed E-state index contributed by atoms with van der Waals surface area (Å²) >= 11 is 0. The first-order valence-electron chi connectivity index (χ1n) is 10.3. The number of carbonyl (C=O) groups excluding carboxylic acids is 1. The van der Waals surface area contributed by atoms with E-state index < -0.39 is 0 Å². The monoisotopic (exact) mass is 343 g/mol. The topological polar surface area (TPSA) is 46.9 Å². The van der Waals surface area contributed by atoms with Gasteiger partial charge in [-0.3, -0.25) is 9.48 Å². The van der Waals surface area contributed by atoms with E-state index in [2.05, 4.69) is 30.3 Å². The van der Waals surface area contributed by atoms with Crippen LogP contribution in [-0.4, -0.2) is 21.7 Å². The molecule has 0 aliphatic heterocycles. The molecule has 25 heavy (non-hydrogen) atoms. The smallest absolute Gasteiger partial charge is 0.222 e. The van der Waals surface area contributed by atoms with Crippen molar-refractivity contribution in [3.05, 3.63) is 17.5 Å². The predicted octanol–water partition coefficient (Wildman–Crippen LogP) is 4.00. The fourth-order valence-corrected chi connectivity index (χ4v) is 6.67. The summed E-state index contributed by atoms with van der Waals surface area (Å²) in [6.45, 7) is 7.00. The lowest BCUT2D eigenvalue weighted by Gasteiger charge is -2.59. The summed E-state index contributed by atoms with van der Waals surface area (Å²) < 4.78 is 1.96. The second kappa shape index (κ2) is 6.44. The molecule has 0 radical (unpaired) electrons. The number of hydrogen-bond donors (Lipinski definition) is 1. The normalized spacial score (nSPS) is 34.3. The molecule has 5 rings (SSSR count). The number of rotatable bonds is 6. The average Bonchev–Trinajstić information content (AvgIpc) is 2.86. The van der Waals surface area contributed by atoms with E-state index in [9.17, 15) is 4.79 Å². The van der Waals surface area contributed by atoms with Gasteiger partial charge in [-0.2, -0.15) is 5.10 Å². The van der Waals surface area contributed by atoms with Gasteiger partial charge < -0.3 is 5.32 Å². The lowest BCUT2D eigenvalue weighted by atomic mass is 9.47. The maximum absolute atomic E-state index is 12.6. The second-order valence-electron chi connectivity index (χ2n) is 9.21. The number of aryl methyl sites for hydroxylation is 3. The highest BCUT2D eigenvalue weighted by Crippen LogP contribution is 2.61. The van der Waals surface area contributed by atoms with E-state index in [1.807, 2.05) is 11.6 Å². The summed E-state index contributed by atoms with van der Waals surface area (Å²) in [5.74, 6) is 3.01. The van der Waals surface area contributed by atoms with Crippen LogP contribution in [0.1, 0.15) is 69.7 Å². The standard InChI is InChI=1S/C21H33N3O/c1-4-19(21-11-16-8-17(12-21)10-18(9-16)13-21)22-20(25)5-6-24-15(3)7-14(2)23-24/h7,16-19H,4-6,8-13H2,1-3H3,(H,22,25). The molecule has 0 aromatic carbocycles. The number of amides is 1. The van der Waals surface area contributed by atoms with Crippen molar-refractivity contribution in [3.63, 3.8) is 0 Å². The highest BCUT2D eigenvalue weighted by atomic mass is 16.1. The van der Waals surface area contributed by atoms with Crippen LogP contribution in [0.15, 0.2) is 6.07 Å². The molecule has 4 aliphatic rings. The summed E-state index contributed by atoms with van der Waals surface area (Å²) in [5.41, 5.74) is 2.56. The van der Waals surface area contributed by atoms with Gasteiger partial charge in [0.2, 0.25) is 5.91 Å². The van der Waals surface area contributed by atoms with Crippen molar-refractivity contribution in [1.82, 2.24) is 15.1 Å². The Hall–Kier alpha value is -1.32. The van der Waals surface area contributed by atoms with Gasteiger partial charge >= 0.3 is 0 Å². The van der Waals surface area contributed by atoms with Crippen LogP contribution in [0, 0.1) is 37.0 Å². The summed E-state index contributed by atoms with van der Waals surface area (Å²) in [6, 6.07) is 2.44. The van der Waals surface area contributed by atoms with E-state index in [0.717, 1.165) is 35.6 Å². The van der Waals surface area contributed by atoms with Crippen LogP contribution in [0.4, 0.5) is 0 Å². The quantitative estimate of drug-likeness (QED) is 0.848. The van der Waals surface area contributed by atoms with Gasteiger partial charge in [0.1, 0.15) is 0 Å². The number of nitrogens with one attached hydrogen (secondary N) is 1. The molecule has 1 aromatic rings. The van der Waals surface area contributed by atoms with Crippen LogP contribution in [0.5, 0.6) is 0 Å². The Balaban J connectivity index is 1.38. The number of nitrogens with zero attached hydrogens (tertiary/aromatic N) is 2. The minimum atomic E-state index is 0.204. The lowest BCUT2D eigenvalue weighted by molar-refractivity contribution is -0.126. The molecule has 1 unspecified atom stereocenters. The SMILES string of the molecule is CCC(NC(=O)CCn1nc(C)cc1C)C12CC3CC(CC(C3)C1)C2. The van der Waals surface area contributed by atoms with Crippen LogP contribution in [0.2, 0.25) is 0 Å². The zero-order chi connectivity index (χ0) is 17.6. The maximum atomic E-state index is 12.6. The fraction of sp³-hybridized carbons (Fsp3) is 0.810. The number of aromatic nitrogens is 2. The Morgan fingerprint density at radius 1 is 1.24 bits per heavy atom. The van der Waals surface area contributed by atoms with Gasteiger partial charge in [0.05, 0.1) is 5.69 Å². The molecule has 4 fully saturated rings. The van der Waals surface area contributed by atoms with Gasteiger partial charge in [-0.1, -0.05) is 6.92 Å². The van der Waals surface area contributed by atoms with Crippen molar-refractivity contribution in [2.45, 2.75) is 84.7 Å². The van der Waals surface area contributed by atoms with E-state index >= 15 is 0 Å². The zero-order valence-corrected chi connectivity index (χ0v) is 16.1. The molecular weight excluding hydrogens is 310 g/mol. The van der Waals surface area contributed by atoms with Crippen molar-refractivity contribution < 1.29 is 4.79 Å². The van der Waals surface area contributed by atoms with E-state index in [4.69, 9.17) is 0 Å². The first-order chi connectivity index (χ1) is 12.0. The summed E-state index contributed by atoms with van der Waals surface area (Å²) in [5, 5.41) is 7.91. The molecule has 1 aromatic heterocycles. The van der Waals surface area contributed by atoms with Crippen molar-refractivity contribution in [3.8, 4) is 0 Å². The molecule has 4 saturated carbocycles. The molecule has 1 N–H and O–H groups in total. The minimum absolute atomic E-state index is 0.204. The van der Waals surface area contributed by atoms with Crippen LogP contribution in [0.3, 0.4) is 0 Å². The van der Waals surface area contributed by atoms with E-state index in [1.54, 1.807) is 0 Å². The highest BCUT2D eigenvalue weighted by molar-refractivity contribution is 5.76. The summed E-state index contributed by atoms with van der Waals surface area (Å²) in [4.78, 5) is 12.6. The van der Waals surface area contributed by atoms with Crippen LogP contribution in [-0.2, 0) is 11.3 Å². The molecule has 1 heterocycles. The Morgan fingerprint density at radius 2 is 1.84 bits per heavy atom. The summed E-state index contributed by atoms with van der Waals surface area (Å²) in [6.07, 6.45) is 10.0. The Labute approximate surface area is 151 Å². The van der Waals surface area contributed by atoms with E-state index in [0.29, 0.717) is 24.4 Å². The van der Waals surface area contributed by atoms with Gasteiger partial charge in [-0.05, 0) is 88.0 Å². The fourth-order valence-electron chi connectivity index (χ4n) is 6.67. The molecular formula is C21H33N3O. The largest absolute Gasteiger partial charge is 0.353 e. The lowest BCUT2D eigenvalue weighted by Crippen LogP contribution is -2.56. The van der Waals surface area contributed by atoms with Gasteiger partial charge in [0.25, 0.3) is 0 Å². The van der Waals surface area contributed by atoms with Crippen LogP contribution in [0.25, 0.3) is 0 Å². The maximum Gasteiger partial charge on any atom is 0.222 e. The first-order valence-corrected chi connectivity index (χ1v) is 10.3. The van der Waals surface area contributed by atoms with Gasteiger partial charge in [0, 0.05) is 24.7 Å². The molecule has 4 bridgehead atoms. The average molecular weight is 344 g/mol. The molecule has 4 aliphatic carbocycles. The van der Waals surface area contributed by atoms with Crippen LogP contribution >= 0.6 is 0 Å². The van der Waals surface area contributed by atoms with Crippen molar-refractivity contribution in [2.24, 2.45) is 23.2 Å². The zero-order valence-electron chi connectivity index (χ0n) is 16.1. The summed E-state index contributed by atoms with van der Waals surface area (Å²) in [7, 11) is 0. The Morgan fingerprint density at radius 3 is 2.32 bits per heavy atom. The Bertz CT molecular complexity index is 612. The second-order valence-corrected chi connectivity index (χ2v) is 9.21. The molecule has 1 atom stereocenters. The van der Waals surface area contributed by atoms with Crippen molar-refractivity contribution in [1.29, 1.82) is 0 Å². The highest BCUT2D eigenvalue weighted by Gasteiger charge is 2.53. The van der Waals surface area contributed by atoms with Gasteiger partial charge in [-0.15, -0.1) is 0 Å². The Kier molecular flexibility index (Phi) is 4.41. The van der Waals surface area contributed by atoms with Crippen molar-refractivity contribution in [2.75, 3.05) is 0 Å². The van der Waals surface area contributed by atoms with Gasteiger partial charge in [-0.25, -0.2) is 0 Å². The minimum Gasteiger partial charge on any atom is -0.353 e. The molecule has 0 saturated heterocycles. The molecule has 1 amide bonds. The molecule has 138 valence electrons.